The molecule has 0 saturated heterocycles. The van der Waals surface area contributed by atoms with Crippen molar-refractivity contribution < 1.29 is 14.7 Å². The number of hydrogen-bond acceptors (Lipinski definition) is 5. The van der Waals surface area contributed by atoms with Gasteiger partial charge in [0.2, 0.25) is 0 Å². The maximum atomic E-state index is 13.3. The molecule has 0 aliphatic heterocycles. The summed E-state index contributed by atoms with van der Waals surface area (Å²) in [7, 11) is 0. The van der Waals surface area contributed by atoms with E-state index in [-0.39, 0.29) is 11.3 Å². The number of anilines is 1. The minimum Gasteiger partial charge on any atom is -0.480 e. The van der Waals surface area contributed by atoms with Crippen LogP contribution in [0.15, 0.2) is 23.0 Å². The number of aromatic nitrogens is 2. The van der Waals surface area contributed by atoms with Gasteiger partial charge >= 0.3 is 5.97 Å². The molecule has 2 aromatic heterocycles. The number of rotatable bonds is 5. The zero-order valence-electron chi connectivity index (χ0n) is 17.9. The van der Waals surface area contributed by atoms with Crippen LogP contribution in [0.2, 0.25) is 0 Å². The largest absolute Gasteiger partial charge is 0.480 e. The fraction of sp³-hybridized carbons (Fsp3) is 0.364. The number of hydrogen-bond donors (Lipinski definition) is 2. The molecule has 30 heavy (non-hydrogen) atoms. The van der Waals surface area contributed by atoms with Crippen LogP contribution in [0.25, 0.3) is 10.2 Å². The van der Waals surface area contributed by atoms with Gasteiger partial charge < -0.3 is 10.4 Å². The molecule has 0 spiro atoms. The van der Waals surface area contributed by atoms with E-state index in [1.165, 1.54) is 18.4 Å². The fourth-order valence-electron chi connectivity index (χ4n) is 3.48. The summed E-state index contributed by atoms with van der Waals surface area (Å²) in [5.74, 6) is -1.06. The predicted octanol–water partition coefficient (Wildman–Crippen LogP) is 4.02. The van der Waals surface area contributed by atoms with Crippen LogP contribution in [0.5, 0.6) is 0 Å². The highest BCUT2D eigenvalue weighted by molar-refractivity contribution is 7.20. The summed E-state index contributed by atoms with van der Waals surface area (Å²) in [5.41, 5.74) is 1.35. The quantitative estimate of drug-likeness (QED) is 0.640. The second-order valence-corrected chi connectivity index (χ2v) is 8.89. The Balaban J connectivity index is 2.16. The number of carbonyl (C=O) groups is 2. The SMILES string of the molecule is CCc1nc2sc(C(=O)Nc3ccc(C)cc3C)c(C)c2c(=O)n1C(C)(C)C(=O)O. The van der Waals surface area contributed by atoms with Crippen LogP contribution in [-0.4, -0.2) is 26.5 Å². The molecule has 7 nitrogen and oxygen atoms in total. The molecule has 0 aliphatic rings. The molecule has 8 heteroatoms. The van der Waals surface area contributed by atoms with E-state index in [2.05, 4.69) is 10.3 Å². The van der Waals surface area contributed by atoms with Crippen LogP contribution < -0.4 is 10.9 Å². The maximum Gasteiger partial charge on any atom is 0.329 e. The Morgan fingerprint density at radius 2 is 1.90 bits per heavy atom. The van der Waals surface area contributed by atoms with Gasteiger partial charge in [-0.3, -0.25) is 14.2 Å². The van der Waals surface area contributed by atoms with E-state index in [1.807, 2.05) is 39.0 Å². The van der Waals surface area contributed by atoms with Crippen molar-refractivity contribution >= 4 is 39.1 Å². The first-order valence-electron chi connectivity index (χ1n) is 9.66. The van der Waals surface area contributed by atoms with Crippen molar-refractivity contribution in [1.82, 2.24) is 9.55 Å². The standard InChI is InChI=1S/C22H25N3O4S/c1-7-15-24-19-16(20(27)25(15)22(5,6)21(28)29)13(4)17(30-19)18(26)23-14-9-8-11(2)10-12(14)3/h8-10H,7H2,1-6H3,(H,23,26)(H,28,29). The lowest BCUT2D eigenvalue weighted by Crippen LogP contribution is -2.44. The molecule has 0 fully saturated rings. The Bertz CT molecular complexity index is 1240. The lowest BCUT2D eigenvalue weighted by Gasteiger charge is -2.25. The van der Waals surface area contributed by atoms with Crippen molar-refractivity contribution in [2.24, 2.45) is 0 Å². The number of aryl methyl sites for hydroxylation is 4. The minimum absolute atomic E-state index is 0.289. The minimum atomic E-state index is -1.46. The number of carbonyl (C=O) groups excluding carboxylic acids is 1. The molecule has 0 bridgehead atoms. The van der Waals surface area contributed by atoms with Gasteiger partial charge in [0, 0.05) is 12.1 Å². The average Bonchev–Trinajstić information content (AvgIpc) is 3.00. The van der Waals surface area contributed by atoms with Crippen molar-refractivity contribution in [2.45, 2.75) is 53.5 Å². The van der Waals surface area contributed by atoms with Crippen molar-refractivity contribution in [3.8, 4) is 0 Å². The summed E-state index contributed by atoms with van der Waals surface area (Å²) < 4.78 is 1.23. The molecular formula is C22H25N3O4S. The number of nitrogens with one attached hydrogen (secondary N) is 1. The Kier molecular flexibility index (Phi) is 5.56. The average molecular weight is 428 g/mol. The van der Waals surface area contributed by atoms with Gasteiger partial charge in [0.05, 0.1) is 10.3 Å². The summed E-state index contributed by atoms with van der Waals surface area (Å²) in [6.07, 6.45) is 0.392. The van der Waals surface area contributed by atoms with Gasteiger partial charge in [0.15, 0.2) is 0 Å². The van der Waals surface area contributed by atoms with Crippen molar-refractivity contribution in [3.63, 3.8) is 0 Å². The van der Waals surface area contributed by atoms with Crippen molar-refractivity contribution in [2.75, 3.05) is 5.32 Å². The van der Waals surface area contributed by atoms with Gasteiger partial charge in [0.25, 0.3) is 11.5 Å². The summed E-state index contributed by atoms with van der Waals surface area (Å²) in [4.78, 5) is 43.4. The predicted molar refractivity (Wildman–Crippen MR) is 119 cm³/mol. The summed E-state index contributed by atoms with van der Waals surface area (Å²) >= 11 is 1.15. The van der Waals surface area contributed by atoms with Crippen LogP contribution in [0.3, 0.4) is 0 Å². The van der Waals surface area contributed by atoms with Crippen LogP contribution in [0, 0.1) is 20.8 Å². The molecule has 2 heterocycles. The summed E-state index contributed by atoms with van der Waals surface area (Å²) in [5, 5.41) is 12.8. The molecule has 0 radical (unpaired) electrons. The molecule has 3 aromatic rings. The molecular weight excluding hydrogens is 402 g/mol. The fourth-order valence-corrected chi connectivity index (χ4v) is 4.57. The molecule has 0 unspecified atom stereocenters. The third-order valence-electron chi connectivity index (χ3n) is 5.27. The number of thiophene rings is 1. The van der Waals surface area contributed by atoms with E-state index >= 15 is 0 Å². The second kappa shape index (κ2) is 7.68. The molecule has 0 atom stereocenters. The Labute approximate surface area is 178 Å². The maximum absolute atomic E-state index is 13.3. The number of benzene rings is 1. The zero-order valence-corrected chi connectivity index (χ0v) is 18.7. The number of amides is 1. The number of carboxylic acids is 1. The summed E-state index contributed by atoms with van der Waals surface area (Å²) in [6, 6.07) is 5.75. The highest BCUT2D eigenvalue weighted by Gasteiger charge is 2.34. The molecule has 0 saturated carbocycles. The first-order valence-corrected chi connectivity index (χ1v) is 10.5. The van der Waals surface area contributed by atoms with Gasteiger partial charge in [-0.15, -0.1) is 11.3 Å². The number of nitrogens with zero attached hydrogens (tertiary/aromatic N) is 2. The van der Waals surface area contributed by atoms with E-state index in [1.54, 1.807) is 6.92 Å². The third kappa shape index (κ3) is 3.52. The molecule has 158 valence electrons. The lowest BCUT2D eigenvalue weighted by atomic mass is 10.0. The Morgan fingerprint density at radius 1 is 1.23 bits per heavy atom. The monoisotopic (exact) mass is 427 g/mol. The van der Waals surface area contributed by atoms with Gasteiger partial charge in [-0.2, -0.15) is 0 Å². The van der Waals surface area contributed by atoms with Crippen LogP contribution in [-0.2, 0) is 16.8 Å². The smallest absolute Gasteiger partial charge is 0.329 e. The molecule has 1 amide bonds. The number of fused-ring (bicyclic) bond motifs is 1. The zero-order chi connectivity index (χ0) is 22.4. The molecule has 1 aromatic carbocycles. The van der Waals surface area contributed by atoms with Gasteiger partial charge in [0.1, 0.15) is 16.2 Å². The van der Waals surface area contributed by atoms with E-state index < -0.39 is 17.1 Å². The van der Waals surface area contributed by atoms with Gasteiger partial charge in [-0.1, -0.05) is 24.6 Å². The topological polar surface area (TPSA) is 101 Å². The van der Waals surface area contributed by atoms with Gasteiger partial charge in [-0.25, -0.2) is 9.78 Å². The third-order valence-corrected chi connectivity index (χ3v) is 6.45. The normalized spacial score (nSPS) is 11.7. The molecule has 3 rings (SSSR count). The number of aliphatic carboxylic acids is 1. The molecule has 0 aliphatic carbocycles. The lowest BCUT2D eigenvalue weighted by molar-refractivity contribution is -0.146. The van der Waals surface area contributed by atoms with Crippen molar-refractivity contribution in [1.29, 1.82) is 0 Å². The van der Waals surface area contributed by atoms with E-state index in [0.29, 0.717) is 33.2 Å². The number of carboxylic acid groups (broad SMARTS) is 1. The molecule has 2 N–H and O–H groups in total. The van der Waals surface area contributed by atoms with E-state index in [4.69, 9.17) is 0 Å². The highest BCUT2D eigenvalue weighted by Crippen LogP contribution is 2.30. The highest BCUT2D eigenvalue weighted by atomic mass is 32.1. The first kappa shape index (κ1) is 21.7. The van der Waals surface area contributed by atoms with Crippen LogP contribution in [0.4, 0.5) is 5.69 Å². The van der Waals surface area contributed by atoms with Crippen molar-refractivity contribution in [3.05, 3.63) is 55.9 Å². The van der Waals surface area contributed by atoms with Gasteiger partial charge in [-0.05, 0) is 51.8 Å². The van der Waals surface area contributed by atoms with Crippen LogP contribution in [0.1, 0.15) is 53.0 Å². The van der Waals surface area contributed by atoms with E-state index in [9.17, 15) is 19.5 Å². The Hall–Kier alpha value is -3.00. The second-order valence-electron chi connectivity index (χ2n) is 7.90. The summed E-state index contributed by atoms with van der Waals surface area (Å²) in [6.45, 7) is 10.4. The first-order chi connectivity index (χ1) is 14.0. The Morgan fingerprint density at radius 3 is 2.47 bits per heavy atom. The van der Waals surface area contributed by atoms with E-state index in [0.717, 1.165) is 22.5 Å². The van der Waals surface area contributed by atoms with Crippen LogP contribution >= 0.6 is 11.3 Å².